The average molecular weight is 665 g/mol. The fraction of sp³-hybridized carbons (Fsp3) is 0.0909. The van der Waals surface area contributed by atoms with Crippen LogP contribution in [0.2, 0.25) is 0 Å². The van der Waals surface area contributed by atoms with E-state index in [0.29, 0.717) is 5.32 Å². The Hall–Kier alpha value is -5.82. The number of fused-ring (bicyclic) bond motifs is 6. The third-order valence-corrected chi connectivity index (χ3v) is 13.4. The van der Waals surface area contributed by atoms with Crippen molar-refractivity contribution in [3.8, 4) is 11.5 Å². The van der Waals surface area contributed by atoms with Crippen LogP contribution in [0.1, 0.15) is 26.3 Å². The lowest BCUT2D eigenvalue weighted by Gasteiger charge is -2.26. The van der Waals surface area contributed by atoms with Crippen molar-refractivity contribution in [2.24, 2.45) is 0 Å². The van der Waals surface area contributed by atoms with Gasteiger partial charge in [-0.2, -0.15) is 0 Å². The highest BCUT2D eigenvalue weighted by Gasteiger charge is 2.40. The van der Waals surface area contributed by atoms with Gasteiger partial charge in [0.2, 0.25) is 0 Å². The molecule has 242 valence electrons. The SMILES string of the molecule is CC(C)(C)c1ccnc(-n2c3ccccc3c3ccc(-n4c5ccccc5c5ccc([Si](O)(c6ccccc6)c6ccccc6)nc54)cc32)c1. The molecule has 0 aliphatic heterocycles. The van der Waals surface area contributed by atoms with Crippen molar-refractivity contribution in [2.75, 3.05) is 0 Å². The molecular weight excluding hydrogens is 629 g/mol. The number of benzene rings is 5. The number of hydrogen-bond donors (Lipinski definition) is 1. The molecule has 0 atom stereocenters. The van der Waals surface area contributed by atoms with Crippen molar-refractivity contribution in [2.45, 2.75) is 26.2 Å². The molecular formula is C44H36N4OSi. The molecule has 0 fully saturated rings. The molecule has 0 radical (unpaired) electrons. The van der Waals surface area contributed by atoms with E-state index in [0.717, 1.165) is 60.2 Å². The highest BCUT2D eigenvalue weighted by atomic mass is 28.4. The topological polar surface area (TPSA) is 55.9 Å². The average Bonchev–Trinajstić information content (AvgIpc) is 3.67. The summed E-state index contributed by atoms with van der Waals surface area (Å²) in [5.74, 6) is 0.894. The quantitative estimate of drug-likeness (QED) is 0.190. The molecule has 4 aromatic heterocycles. The van der Waals surface area contributed by atoms with Crippen molar-refractivity contribution in [1.29, 1.82) is 0 Å². The minimum absolute atomic E-state index is 0.0152. The summed E-state index contributed by atoms with van der Waals surface area (Å²) in [6, 6.07) is 52.2. The van der Waals surface area contributed by atoms with E-state index in [1.54, 1.807) is 0 Å². The van der Waals surface area contributed by atoms with E-state index in [9.17, 15) is 4.80 Å². The maximum Gasteiger partial charge on any atom is 0.304 e. The number of aromatic nitrogens is 4. The van der Waals surface area contributed by atoms with Crippen molar-refractivity contribution in [3.05, 3.63) is 163 Å². The smallest absolute Gasteiger partial charge is 0.304 e. The van der Waals surface area contributed by atoms with Crippen LogP contribution in [0.4, 0.5) is 0 Å². The van der Waals surface area contributed by atoms with E-state index in [1.807, 2.05) is 72.9 Å². The van der Waals surface area contributed by atoms with Crippen LogP contribution in [0, 0.1) is 0 Å². The predicted molar refractivity (Wildman–Crippen MR) is 209 cm³/mol. The van der Waals surface area contributed by atoms with Crippen LogP contribution >= 0.6 is 0 Å². The van der Waals surface area contributed by atoms with Gasteiger partial charge in [0.15, 0.2) is 0 Å². The molecule has 0 bridgehead atoms. The van der Waals surface area contributed by atoms with E-state index in [2.05, 4.69) is 115 Å². The first-order valence-electron chi connectivity index (χ1n) is 17.1. The van der Waals surface area contributed by atoms with Crippen molar-refractivity contribution < 1.29 is 4.80 Å². The number of rotatable bonds is 5. The molecule has 0 spiro atoms. The molecule has 0 unspecified atom stereocenters. The minimum atomic E-state index is -3.44. The normalized spacial score (nSPS) is 12.4. The summed E-state index contributed by atoms with van der Waals surface area (Å²) in [7, 11) is -3.44. The lowest BCUT2D eigenvalue weighted by atomic mass is 9.88. The lowest BCUT2D eigenvalue weighted by molar-refractivity contribution is 0.581. The zero-order valence-corrected chi connectivity index (χ0v) is 29.2. The Kier molecular flexibility index (Phi) is 6.88. The maximum absolute atomic E-state index is 12.8. The van der Waals surface area contributed by atoms with Gasteiger partial charge in [0.25, 0.3) is 0 Å². The molecule has 0 aliphatic rings. The molecule has 50 heavy (non-hydrogen) atoms. The second-order valence-electron chi connectivity index (χ2n) is 14.1. The van der Waals surface area contributed by atoms with Crippen LogP contribution < -0.4 is 15.7 Å². The standard InChI is InChI=1S/C44H36N4OSi/c1-44(2,3)30-26-27-45-41(28-30)48-39-21-13-10-18-34(39)36-23-22-31(29-40(36)48)47-38-20-12-11-19-35(38)37-24-25-42(46-43(37)47)50(49,32-14-6-4-7-15-32)33-16-8-5-9-17-33/h4-29,49H,1-3H3. The molecule has 0 saturated carbocycles. The van der Waals surface area contributed by atoms with Crippen LogP contribution in [0.15, 0.2) is 158 Å². The Morgan fingerprint density at radius 2 is 1.10 bits per heavy atom. The van der Waals surface area contributed by atoms with Gasteiger partial charge in [0.05, 0.1) is 21.9 Å². The highest BCUT2D eigenvalue weighted by Crippen LogP contribution is 2.36. The number of para-hydroxylation sites is 2. The Morgan fingerprint density at radius 1 is 0.540 bits per heavy atom. The Bertz CT molecular complexity index is 2670. The van der Waals surface area contributed by atoms with Crippen molar-refractivity contribution in [3.63, 3.8) is 0 Å². The molecule has 0 aliphatic carbocycles. The van der Waals surface area contributed by atoms with Crippen LogP contribution in [0.25, 0.3) is 55.2 Å². The molecule has 9 rings (SSSR count). The molecule has 6 heteroatoms. The van der Waals surface area contributed by atoms with Gasteiger partial charge < -0.3 is 4.80 Å². The Balaban J connectivity index is 1.33. The van der Waals surface area contributed by atoms with E-state index >= 15 is 0 Å². The molecule has 5 aromatic carbocycles. The van der Waals surface area contributed by atoms with Gasteiger partial charge in [-0.05, 0) is 69.9 Å². The van der Waals surface area contributed by atoms with Gasteiger partial charge in [-0.15, -0.1) is 0 Å². The summed E-state index contributed by atoms with van der Waals surface area (Å²) in [5, 5.41) is 7.00. The summed E-state index contributed by atoms with van der Waals surface area (Å²) in [6.45, 7) is 6.71. The fourth-order valence-electron chi connectivity index (χ4n) is 7.48. The summed E-state index contributed by atoms with van der Waals surface area (Å²) in [5.41, 5.74) is 6.28. The van der Waals surface area contributed by atoms with E-state index in [1.165, 1.54) is 10.9 Å². The second-order valence-corrected chi connectivity index (χ2v) is 17.2. The second kappa shape index (κ2) is 11.4. The third kappa shape index (κ3) is 4.64. The van der Waals surface area contributed by atoms with Crippen LogP contribution in [0.5, 0.6) is 0 Å². The minimum Gasteiger partial charge on any atom is -0.420 e. The molecule has 9 aromatic rings. The Morgan fingerprint density at radius 3 is 1.76 bits per heavy atom. The fourth-order valence-corrected chi connectivity index (χ4v) is 10.3. The van der Waals surface area contributed by atoms with Gasteiger partial charge in [0, 0.05) is 33.4 Å². The summed E-state index contributed by atoms with van der Waals surface area (Å²) in [4.78, 5) is 23.2. The highest BCUT2D eigenvalue weighted by molar-refractivity contribution is 7.05. The van der Waals surface area contributed by atoms with Crippen LogP contribution in [0.3, 0.4) is 0 Å². The molecule has 4 heterocycles. The first-order valence-corrected chi connectivity index (χ1v) is 19.0. The molecule has 1 N–H and O–H groups in total. The number of hydrogen-bond acceptors (Lipinski definition) is 3. The monoisotopic (exact) mass is 664 g/mol. The van der Waals surface area contributed by atoms with Crippen molar-refractivity contribution >= 4 is 67.8 Å². The first-order chi connectivity index (χ1) is 24.3. The summed E-state index contributed by atoms with van der Waals surface area (Å²) < 4.78 is 4.53. The third-order valence-electron chi connectivity index (χ3n) is 10.0. The summed E-state index contributed by atoms with van der Waals surface area (Å²) in [6.07, 6.45) is 1.92. The molecule has 0 amide bonds. The largest absolute Gasteiger partial charge is 0.420 e. The van der Waals surface area contributed by atoms with Crippen LogP contribution in [-0.4, -0.2) is 32.2 Å². The zero-order valence-electron chi connectivity index (χ0n) is 28.2. The predicted octanol–water partition coefficient (Wildman–Crippen LogP) is 7.93. The zero-order chi connectivity index (χ0) is 34.0. The summed E-state index contributed by atoms with van der Waals surface area (Å²) >= 11 is 0. The lowest BCUT2D eigenvalue weighted by Crippen LogP contribution is -2.68. The molecule has 5 nitrogen and oxygen atoms in total. The van der Waals surface area contributed by atoms with E-state index < -0.39 is 8.32 Å². The van der Waals surface area contributed by atoms with Gasteiger partial charge in [-0.25, -0.2) is 9.97 Å². The Labute approximate surface area is 291 Å². The van der Waals surface area contributed by atoms with Crippen LogP contribution in [-0.2, 0) is 5.41 Å². The molecule has 0 saturated heterocycles. The van der Waals surface area contributed by atoms with Gasteiger partial charge in [0.1, 0.15) is 11.5 Å². The van der Waals surface area contributed by atoms with Gasteiger partial charge in [-0.3, -0.25) is 9.13 Å². The van der Waals surface area contributed by atoms with E-state index in [4.69, 9.17) is 9.97 Å². The number of nitrogens with zero attached hydrogens (tertiary/aromatic N) is 4. The van der Waals surface area contributed by atoms with E-state index in [-0.39, 0.29) is 5.41 Å². The first kappa shape index (κ1) is 30.3. The van der Waals surface area contributed by atoms with Crippen molar-refractivity contribution in [1.82, 2.24) is 19.1 Å². The number of pyridine rings is 2. The maximum atomic E-state index is 12.8. The van der Waals surface area contributed by atoms with Gasteiger partial charge in [-0.1, -0.05) is 124 Å². The van der Waals surface area contributed by atoms with Gasteiger partial charge >= 0.3 is 8.32 Å².